The zero-order chi connectivity index (χ0) is 23.4. The smallest absolute Gasteiger partial charge is 0.181 e. The monoisotopic (exact) mass is 449 g/mol. The van der Waals surface area contributed by atoms with Crippen LogP contribution in [0.3, 0.4) is 0 Å². The average Bonchev–Trinajstić information content (AvgIpc) is 3.49. The first-order valence-electron chi connectivity index (χ1n) is 10.1. The van der Waals surface area contributed by atoms with Gasteiger partial charge in [0.2, 0.25) is 0 Å². The quantitative estimate of drug-likeness (QED) is 0.358. The maximum absolute atomic E-state index is 12.8. The summed E-state index contributed by atoms with van der Waals surface area (Å²) in [7, 11) is 0. The molecule has 0 atom stereocenters. The summed E-state index contributed by atoms with van der Waals surface area (Å²) in [5.74, 6) is 4.45. The van der Waals surface area contributed by atoms with Crippen LogP contribution < -0.4 is 10.9 Å². The van der Waals surface area contributed by atoms with E-state index in [1.165, 1.54) is 17.2 Å². The number of halogens is 2. The van der Waals surface area contributed by atoms with Gasteiger partial charge in [0.15, 0.2) is 17.3 Å². The molecule has 1 aromatic heterocycles. The van der Waals surface area contributed by atoms with Crippen LogP contribution in [0, 0.1) is 13.8 Å². The molecule has 9 heteroatoms. The van der Waals surface area contributed by atoms with E-state index in [4.69, 9.17) is 14.0 Å². The minimum atomic E-state index is 0.0995. The first-order chi connectivity index (χ1) is 16.1. The van der Waals surface area contributed by atoms with Gasteiger partial charge in [0.25, 0.3) is 0 Å². The molecule has 0 spiro atoms. The van der Waals surface area contributed by atoms with Crippen molar-refractivity contribution in [1.29, 1.82) is 0 Å². The Kier molecular flexibility index (Phi) is 6.41. The highest BCUT2D eigenvalue weighted by molar-refractivity contribution is 5.69. The SMILES string of the molecule is Cc1cccc(-c2nc3ccn(Cc4cc(-c5ccccc5OF)no4)cc-3n2)c1C.NF. The molecule has 3 heterocycles. The molecule has 168 valence electrons. The fourth-order valence-corrected chi connectivity index (χ4v) is 3.60. The third-order valence-electron chi connectivity index (χ3n) is 5.42. The molecule has 2 aliphatic heterocycles. The molecule has 2 N–H and O–H groups in total. The Morgan fingerprint density at radius 3 is 2.52 bits per heavy atom. The van der Waals surface area contributed by atoms with Gasteiger partial charge in [-0.25, -0.2) is 9.97 Å². The van der Waals surface area contributed by atoms with Crippen molar-refractivity contribution in [3.8, 4) is 39.8 Å². The predicted octanol–water partition coefficient (Wildman–Crippen LogP) is 5.46. The highest BCUT2D eigenvalue weighted by Crippen LogP contribution is 2.31. The van der Waals surface area contributed by atoms with Gasteiger partial charge in [-0.2, -0.15) is 5.96 Å². The van der Waals surface area contributed by atoms with Crippen molar-refractivity contribution < 1.29 is 18.5 Å². The van der Waals surface area contributed by atoms with Gasteiger partial charge in [0.05, 0.1) is 17.8 Å². The number of imidazole rings is 1. The molecule has 0 saturated carbocycles. The molecular formula is C24H21F2N5O2. The van der Waals surface area contributed by atoms with E-state index in [2.05, 4.69) is 41.0 Å². The topological polar surface area (TPSA) is 92.0 Å². The maximum Gasteiger partial charge on any atom is 0.181 e. The first-order valence-corrected chi connectivity index (χ1v) is 10.1. The van der Waals surface area contributed by atoms with Gasteiger partial charge in [-0.3, -0.25) is 4.94 Å². The van der Waals surface area contributed by atoms with Gasteiger partial charge in [-0.15, -0.1) is 4.48 Å². The van der Waals surface area contributed by atoms with E-state index in [1.54, 1.807) is 24.3 Å². The van der Waals surface area contributed by atoms with Crippen molar-refractivity contribution >= 4 is 0 Å². The second kappa shape index (κ2) is 9.58. The van der Waals surface area contributed by atoms with Crippen LogP contribution in [0.25, 0.3) is 34.0 Å². The number of pyridine rings is 1. The van der Waals surface area contributed by atoms with Crippen LogP contribution in [0.4, 0.5) is 9.01 Å². The van der Waals surface area contributed by atoms with Crippen LogP contribution in [0.15, 0.2) is 71.5 Å². The first kappa shape index (κ1) is 22.1. The van der Waals surface area contributed by atoms with Crippen molar-refractivity contribution in [1.82, 2.24) is 19.7 Å². The van der Waals surface area contributed by atoms with Gasteiger partial charge >= 0.3 is 0 Å². The molecule has 0 aliphatic carbocycles. The summed E-state index contributed by atoms with van der Waals surface area (Å²) in [4.78, 5) is 13.3. The molecule has 0 unspecified atom stereocenters. The van der Waals surface area contributed by atoms with Gasteiger partial charge in [0, 0.05) is 28.5 Å². The van der Waals surface area contributed by atoms with Gasteiger partial charge in [0.1, 0.15) is 11.4 Å². The van der Waals surface area contributed by atoms with Crippen LogP contribution >= 0.6 is 0 Å². The van der Waals surface area contributed by atoms with Crippen LogP contribution in [0.2, 0.25) is 0 Å². The molecule has 3 aromatic rings. The van der Waals surface area contributed by atoms with E-state index in [1.807, 2.05) is 35.2 Å². The standard InChI is InChI=1S/C24H19FN4O2.FH2N/c1-15-6-5-8-18(16(15)2)24-26-20-10-11-29(14-22(20)27-24)13-17-12-21(28-31-17)19-7-3-4-9-23(19)30-25;1-2/h3-12,14H,13H2,1-2H3;2H2. The summed E-state index contributed by atoms with van der Waals surface area (Å²) in [6.07, 6.45) is 3.85. The third-order valence-corrected chi connectivity index (χ3v) is 5.42. The van der Waals surface area contributed by atoms with Gasteiger partial charge in [-0.1, -0.05) is 35.5 Å². The fourth-order valence-electron chi connectivity index (χ4n) is 3.60. The molecule has 0 radical (unpaired) electrons. The lowest BCUT2D eigenvalue weighted by molar-refractivity contribution is -0.00550. The number of hydrogen-bond acceptors (Lipinski definition) is 6. The van der Waals surface area contributed by atoms with Crippen molar-refractivity contribution in [3.05, 3.63) is 83.9 Å². The molecule has 0 fully saturated rings. The summed E-state index contributed by atoms with van der Waals surface area (Å²) < 4.78 is 29.2. The van der Waals surface area contributed by atoms with Crippen LogP contribution in [0.5, 0.6) is 5.75 Å². The molecule has 0 bridgehead atoms. The third kappa shape index (κ3) is 4.44. The molecule has 2 aromatic carbocycles. The minimum Gasteiger partial charge on any atom is -0.359 e. The average molecular weight is 449 g/mol. The number of aromatic nitrogens is 4. The summed E-state index contributed by atoms with van der Waals surface area (Å²) in [5, 5.41) is 4.05. The molecule has 33 heavy (non-hydrogen) atoms. The van der Waals surface area contributed by atoms with E-state index in [9.17, 15) is 4.53 Å². The number of nitrogens with zero attached hydrogens (tertiary/aromatic N) is 4. The molecular weight excluding hydrogens is 428 g/mol. The Bertz CT molecular complexity index is 1350. The number of benzene rings is 2. The van der Waals surface area contributed by atoms with Gasteiger partial charge in [-0.05, 0) is 43.2 Å². The zero-order valence-corrected chi connectivity index (χ0v) is 18.0. The second-order valence-electron chi connectivity index (χ2n) is 7.43. The fraction of sp³-hybridized carbons (Fsp3) is 0.125. The van der Waals surface area contributed by atoms with E-state index in [0.717, 1.165) is 22.8 Å². The Hall–Kier alpha value is -4.11. The predicted molar refractivity (Wildman–Crippen MR) is 120 cm³/mol. The lowest BCUT2D eigenvalue weighted by Crippen LogP contribution is -1.99. The number of fused-ring (bicyclic) bond motifs is 1. The lowest BCUT2D eigenvalue weighted by atomic mass is 10.0. The molecule has 0 amide bonds. The molecule has 5 rings (SSSR count). The van der Waals surface area contributed by atoms with E-state index < -0.39 is 0 Å². The number of aryl methyl sites for hydroxylation is 1. The molecule has 7 nitrogen and oxygen atoms in total. The molecule has 0 saturated heterocycles. The Balaban J connectivity index is 0.00000126. The van der Waals surface area contributed by atoms with Crippen LogP contribution in [-0.2, 0) is 6.54 Å². The van der Waals surface area contributed by atoms with Crippen molar-refractivity contribution in [3.63, 3.8) is 0 Å². The van der Waals surface area contributed by atoms with E-state index >= 15 is 0 Å². The highest BCUT2D eigenvalue weighted by Gasteiger charge is 2.16. The van der Waals surface area contributed by atoms with E-state index in [0.29, 0.717) is 23.6 Å². The molecule has 2 aliphatic rings. The second-order valence-corrected chi connectivity index (χ2v) is 7.43. The van der Waals surface area contributed by atoms with Crippen LogP contribution in [-0.4, -0.2) is 19.7 Å². The summed E-state index contributed by atoms with van der Waals surface area (Å²) in [6.45, 7) is 4.62. The summed E-state index contributed by atoms with van der Waals surface area (Å²) in [5.41, 5.74) is 6.10. The largest absolute Gasteiger partial charge is 0.359 e. The highest BCUT2D eigenvalue weighted by atomic mass is 19.3. The van der Waals surface area contributed by atoms with Crippen LogP contribution in [0.1, 0.15) is 16.9 Å². The van der Waals surface area contributed by atoms with Crippen molar-refractivity contribution in [2.75, 3.05) is 0 Å². The Morgan fingerprint density at radius 2 is 1.70 bits per heavy atom. The van der Waals surface area contributed by atoms with Gasteiger partial charge < -0.3 is 9.09 Å². The Morgan fingerprint density at radius 1 is 0.939 bits per heavy atom. The maximum atomic E-state index is 12.8. The lowest BCUT2D eigenvalue weighted by Gasteiger charge is -2.05. The number of rotatable bonds is 5. The van der Waals surface area contributed by atoms with Crippen molar-refractivity contribution in [2.24, 2.45) is 5.96 Å². The summed E-state index contributed by atoms with van der Waals surface area (Å²) >= 11 is 0. The number of para-hydroxylation sites is 1. The summed E-state index contributed by atoms with van der Waals surface area (Å²) in [6, 6.07) is 16.6. The normalized spacial score (nSPS) is 10.7. The van der Waals surface area contributed by atoms with Crippen molar-refractivity contribution in [2.45, 2.75) is 20.4 Å². The Labute approximate surface area is 188 Å². The zero-order valence-electron chi connectivity index (χ0n) is 18.0. The number of hydrogen-bond donors (Lipinski definition) is 1. The number of nitrogens with two attached hydrogens (primary N) is 1. The van der Waals surface area contributed by atoms with E-state index in [-0.39, 0.29) is 5.75 Å². The minimum absolute atomic E-state index is 0.0995.